The van der Waals surface area contributed by atoms with Crippen LogP contribution in [0.25, 0.3) is 0 Å². The van der Waals surface area contributed by atoms with Gasteiger partial charge in [0.05, 0.1) is 0 Å². The molecule has 1 atom stereocenters. The molecule has 0 aromatic heterocycles. The van der Waals surface area contributed by atoms with Crippen LogP contribution in [-0.2, 0) is 6.42 Å². The topological polar surface area (TPSA) is 26.0 Å². The fourth-order valence-electron chi connectivity index (χ4n) is 1.12. The van der Waals surface area contributed by atoms with Gasteiger partial charge in [-0.15, -0.1) is 0 Å². The molecule has 1 aromatic carbocycles. The van der Waals surface area contributed by atoms with E-state index < -0.39 is 0 Å². The molecule has 1 aromatic rings. The fourth-order valence-corrected chi connectivity index (χ4v) is 1.53. The average molecular weight is 246 g/mol. The zero-order chi connectivity index (χ0) is 9.84. The third kappa shape index (κ3) is 3.44. The van der Waals surface area contributed by atoms with Crippen molar-refractivity contribution >= 4 is 15.9 Å². The van der Waals surface area contributed by atoms with Gasteiger partial charge in [0.25, 0.3) is 0 Å². The standard InChI is InChI=1S/C10H13BrFN/c1-7(13)2-3-8-6-9(11)4-5-10(8)12/h4-7H,2-3,13H2,1H3/t7-/m0/s1. The molecule has 13 heavy (non-hydrogen) atoms. The summed E-state index contributed by atoms with van der Waals surface area (Å²) in [4.78, 5) is 0. The quantitative estimate of drug-likeness (QED) is 0.871. The largest absolute Gasteiger partial charge is 0.328 e. The summed E-state index contributed by atoms with van der Waals surface area (Å²) in [6.07, 6.45) is 1.51. The summed E-state index contributed by atoms with van der Waals surface area (Å²) in [5, 5.41) is 0. The Morgan fingerprint density at radius 3 is 2.85 bits per heavy atom. The van der Waals surface area contributed by atoms with Crippen LogP contribution in [0.2, 0.25) is 0 Å². The molecule has 1 nitrogen and oxygen atoms in total. The lowest BCUT2D eigenvalue weighted by molar-refractivity contribution is 0.590. The summed E-state index contributed by atoms with van der Waals surface area (Å²) in [5.74, 6) is -0.149. The van der Waals surface area contributed by atoms with Crippen molar-refractivity contribution in [1.29, 1.82) is 0 Å². The third-order valence-corrected chi connectivity index (χ3v) is 2.37. The average Bonchev–Trinajstić information content (AvgIpc) is 2.06. The number of hydrogen-bond acceptors (Lipinski definition) is 1. The molecule has 3 heteroatoms. The fraction of sp³-hybridized carbons (Fsp3) is 0.400. The number of nitrogens with two attached hydrogens (primary N) is 1. The normalized spacial score (nSPS) is 12.9. The molecule has 0 amide bonds. The van der Waals surface area contributed by atoms with Gasteiger partial charge in [0.15, 0.2) is 0 Å². The van der Waals surface area contributed by atoms with Gasteiger partial charge in [-0.2, -0.15) is 0 Å². The third-order valence-electron chi connectivity index (χ3n) is 1.88. The van der Waals surface area contributed by atoms with E-state index in [1.54, 1.807) is 12.1 Å². The van der Waals surface area contributed by atoms with Crippen molar-refractivity contribution < 1.29 is 4.39 Å². The maximum atomic E-state index is 13.2. The van der Waals surface area contributed by atoms with Crippen LogP contribution in [0, 0.1) is 5.82 Å². The van der Waals surface area contributed by atoms with Crippen LogP contribution in [0.1, 0.15) is 18.9 Å². The Balaban J connectivity index is 2.70. The van der Waals surface area contributed by atoms with Crippen LogP contribution in [-0.4, -0.2) is 6.04 Å². The van der Waals surface area contributed by atoms with Gasteiger partial charge in [0.1, 0.15) is 5.82 Å². The first-order valence-corrected chi connectivity index (χ1v) is 5.08. The zero-order valence-electron chi connectivity index (χ0n) is 7.56. The molecule has 0 aliphatic carbocycles. The molecule has 0 aliphatic heterocycles. The van der Waals surface area contributed by atoms with Crippen molar-refractivity contribution in [3.63, 3.8) is 0 Å². The second-order valence-corrected chi connectivity index (χ2v) is 4.17. The van der Waals surface area contributed by atoms with Gasteiger partial charge in [-0.3, -0.25) is 0 Å². The van der Waals surface area contributed by atoms with E-state index in [9.17, 15) is 4.39 Å². The highest BCUT2D eigenvalue weighted by molar-refractivity contribution is 9.10. The second-order valence-electron chi connectivity index (χ2n) is 3.25. The van der Waals surface area contributed by atoms with Crippen LogP contribution >= 0.6 is 15.9 Å². The minimum Gasteiger partial charge on any atom is -0.328 e. The van der Waals surface area contributed by atoms with Crippen molar-refractivity contribution in [3.05, 3.63) is 34.1 Å². The van der Waals surface area contributed by atoms with Gasteiger partial charge >= 0.3 is 0 Å². The number of benzene rings is 1. The Morgan fingerprint density at radius 1 is 1.54 bits per heavy atom. The molecule has 0 saturated heterocycles. The lowest BCUT2D eigenvalue weighted by Gasteiger charge is -2.06. The second kappa shape index (κ2) is 4.72. The summed E-state index contributed by atoms with van der Waals surface area (Å²) in [7, 11) is 0. The molecule has 0 spiro atoms. The summed E-state index contributed by atoms with van der Waals surface area (Å²) in [6, 6.07) is 5.10. The zero-order valence-corrected chi connectivity index (χ0v) is 9.14. The molecule has 1 rings (SSSR count). The van der Waals surface area contributed by atoms with Gasteiger partial charge in [0.2, 0.25) is 0 Å². The smallest absolute Gasteiger partial charge is 0.126 e. The van der Waals surface area contributed by atoms with Crippen molar-refractivity contribution in [2.45, 2.75) is 25.8 Å². The highest BCUT2D eigenvalue weighted by atomic mass is 79.9. The lowest BCUT2D eigenvalue weighted by Crippen LogP contribution is -2.15. The van der Waals surface area contributed by atoms with Crippen LogP contribution in [0.3, 0.4) is 0 Å². The molecule has 0 bridgehead atoms. The van der Waals surface area contributed by atoms with E-state index in [4.69, 9.17) is 5.73 Å². The monoisotopic (exact) mass is 245 g/mol. The highest BCUT2D eigenvalue weighted by Gasteiger charge is 2.03. The number of halogens is 2. The van der Waals surface area contributed by atoms with Crippen LogP contribution in [0.4, 0.5) is 4.39 Å². The first-order valence-electron chi connectivity index (χ1n) is 4.29. The minimum atomic E-state index is -0.149. The van der Waals surface area contributed by atoms with Crippen molar-refractivity contribution in [2.24, 2.45) is 5.73 Å². The van der Waals surface area contributed by atoms with E-state index >= 15 is 0 Å². The molecular weight excluding hydrogens is 233 g/mol. The molecule has 0 fully saturated rings. The number of rotatable bonds is 3. The maximum absolute atomic E-state index is 13.2. The predicted octanol–water partition coefficient (Wildman–Crippen LogP) is 2.87. The molecule has 2 N–H and O–H groups in total. The Bertz CT molecular complexity index is 286. The number of aryl methyl sites for hydroxylation is 1. The van der Waals surface area contributed by atoms with Crippen LogP contribution in [0.15, 0.2) is 22.7 Å². The summed E-state index contributed by atoms with van der Waals surface area (Å²) in [6.45, 7) is 1.93. The number of hydrogen-bond donors (Lipinski definition) is 1. The van der Waals surface area contributed by atoms with Crippen LogP contribution in [0.5, 0.6) is 0 Å². The molecule has 0 heterocycles. The van der Waals surface area contributed by atoms with E-state index in [-0.39, 0.29) is 11.9 Å². The Hall–Kier alpha value is -0.410. The minimum absolute atomic E-state index is 0.124. The van der Waals surface area contributed by atoms with E-state index in [0.717, 1.165) is 16.5 Å². The molecule has 72 valence electrons. The summed E-state index contributed by atoms with van der Waals surface area (Å²) in [5.41, 5.74) is 6.32. The molecular formula is C10H13BrFN. The van der Waals surface area contributed by atoms with Gasteiger partial charge in [-0.1, -0.05) is 15.9 Å². The Kier molecular flexibility index (Phi) is 3.88. The molecule has 0 aliphatic rings. The van der Waals surface area contributed by atoms with E-state index in [1.807, 2.05) is 6.92 Å². The Labute approximate surface area is 86.3 Å². The van der Waals surface area contributed by atoms with Crippen molar-refractivity contribution in [1.82, 2.24) is 0 Å². The summed E-state index contributed by atoms with van der Waals surface area (Å²) < 4.78 is 14.1. The lowest BCUT2D eigenvalue weighted by atomic mass is 10.1. The van der Waals surface area contributed by atoms with Crippen LogP contribution < -0.4 is 5.73 Å². The van der Waals surface area contributed by atoms with Gasteiger partial charge in [-0.05, 0) is 43.5 Å². The van der Waals surface area contributed by atoms with Gasteiger partial charge in [-0.25, -0.2) is 4.39 Å². The molecule has 0 unspecified atom stereocenters. The summed E-state index contributed by atoms with van der Waals surface area (Å²) >= 11 is 3.31. The highest BCUT2D eigenvalue weighted by Crippen LogP contribution is 2.17. The first kappa shape index (κ1) is 10.7. The van der Waals surface area contributed by atoms with Crippen molar-refractivity contribution in [2.75, 3.05) is 0 Å². The predicted molar refractivity (Wildman–Crippen MR) is 56.1 cm³/mol. The van der Waals surface area contributed by atoms with E-state index in [1.165, 1.54) is 6.07 Å². The van der Waals surface area contributed by atoms with E-state index in [2.05, 4.69) is 15.9 Å². The van der Waals surface area contributed by atoms with Gasteiger partial charge < -0.3 is 5.73 Å². The van der Waals surface area contributed by atoms with Crippen molar-refractivity contribution in [3.8, 4) is 0 Å². The Morgan fingerprint density at radius 2 is 2.23 bits per heavy atom. The van der Waals surface area contributed by atoms with E-state index in [0.29, 0.717) is 6.42 Å². The van der Waals surface area contributed by atoms with Gasteiger partial charge in [0, 0.05) is 10.5 Å². The molecule has 0 saturated carbocycles. The molecule has 0 radical (unpaired) electrons. The maximum Gasteiger partial charge on any atom is 0.126 e. The first-order chi connectivity index (χ1) is 6.09. The SMILES string of the molecule is C[C@H](N)CCc1cc(Br)ccc1F.